The number of nitro groups is 1. The largest absolute Gasteiger partial charge is 0.326 e. The molecule has 2 rings (SSSR count). The highest BCUT2D eigenvalue weighted by molar-refractivity contribution is 6.33. The van der Waals surface area contributed by atoms with Crippen molar-refractivity contribution in [2.45, 2.75) is 19.8 Å². The van der Waals surface area contributed by atoms with E-state index in [4.69, 9.17) is 11.6 Å². The van der Waals surface area contributed by atoms with E-state index in [1.807, 2.05) is 30.3 Å². The molecule has 0 saturated carbocycles. The van der Waals surface area contributed by atoms with Gasteiger partial charge in [-0.2, -0.15) is 0 Å². The van der Waals surface area contributed by atoms with E-state index in [1.165, 1.54) is 12.1 Å². The highest BCUT2D eigenvalue weighted by atomic mass is 35.5. The van der Waals surface area contributed by atoms with E-state index in [9.17, 15) is 14.9 Å². The number of nitrogens with one attached hydrogen (secondary N) is 1. The first-order chi connectivity index (χ1) is 10.5. The molecule has 114 valence electrons. The van der Waals surface area contributed by atoms with Crippen molar-refractivity contribution >= 4 is 28.9 Å². The van der Waals surface area contributed by atoms with Crippen molar-refractivity contribution in [1.82, 2.24) is 0 Å². The van der Waals surface area contributed by atoms with Crippen LogP contribution in [0.15, 0.2) is 42.5 Å². The fourth-order valence-electron chi connectivity index (χ4n) is 2.06. The number of rotatable bonds is 5. The number of carbonyl (C=O) groups is 1. The van der Waals surface area contributed by atoms with E-state index in [0.29, 0.717) is 24.1 Å². The Balaban J connectivity index is 2.02. The van der Waals surface area contributed by atoms with Crippen LogP contribution in [0.5, 0.6) is 0 Å². The second kappa shape index (κ2) is 7.04. The molecule has 0 radical (unpaired) electrons. The molecule has 0 unspecified atom stereocenters. The predicted octanol–water partition coefficient (Wildman–Crippen LogP) is 4.13. The number of nitrogens with zero attached hydrogens (tertiary/aromatic N) is 1. The van der Waals surface area contributed by atoms with Crippen molar-refractivity contribution in [1.29, 1.82) is 0 Å². The SMILES string of the molecule is Cc1cc([N+](=O)[O-])c(Cl)cc1NC(=O)CCc1ccccc1. The van der Waals surface area contributed by atoms with Gasteiger partial charge >= 0.3 is 0 Å². The number of amides is 1. The number of benzene rings is 2. The second-order valence-electron chi connectivity index (χ2n) is 4.91. The summed E-state index contributed by atoms with van der Waals surface area (Å²) in [5.74, 6) is -0.156. The maximum Gasteiger partial charge on any atom is 0.288 e. The Morgan fingerprint density at radius 1 is 1.27 bits per heavy atom. The van der Waals surface area contributed by atoms with Crippen LogP contribution in [-0.4, -0.2) is 10.8 Å². The molecule has 5 nitrogen and oxygen atoms in total. The zero-order valence-electron chi connectivity index (χ0n) is 12.0. The number of carbonyl (C=O) groups excluding carboxylic acids is 1. The summed E-state index contributed by atoms with van der Waals surface area (Å²) in [4.78, 5) is 22.2. The third-order valence-corrected chi connectivity index (χ3v) is 3.55. The number of hydrogen-bond donors (Lipinski definition) is 1. The molecular formula is C16H15ClN2O3. The molecule has 0 bridgehead atoms. The van der Waals surface area contributed by atoms with Gasteiger partial charge in [0.2, 0.25) is 5.91 Å². The Labute approximate surface area is 133 Å². The van der Waals surface area contributed by atoms with E-state index < -0.39 is 4.92 Å². The van der Waals surface area contributed by atoms with Crippen LogP contribution in [0.4, 0.5) is 11.4 Å². The Morgan fingerprint density at radius 3 is 2.59 bits per heavy atom. The number of nitro benzene ring substituents is 1. The van der Waals surface area contributed by atoms with Gasteiger partial charge in [-0.3, -0.25) is 14.9 Å². The van der Waals surface area contributed by atoms with E-state index in [1.54, 1.807) is 6.92 Å². The predicted molar refractivity (Wildman–Crippen MR) is 86.2 cm³/mol. The average Bonchev–Trinajstić information content (AvgIpc) is 2.49. The summed E-state index contributed by atoms with van der Waals surface area (Å²) in [5, 5.41) is 13.6. The van der Waals surface area contributed by atoms with Gasteiger partial charge in [-0.1, -0.05) is 41.9 Å². The molecule has 0 aliphatic heterocycles. The van der Waals surface area contributed by atoms with Gasteiger partial charge in [0.25, 0.3) is 5.69 Å². The summed E-state index contributed by atoms with van der Waals surface area (Å²) in [6, 6.07) is 12.5. The summed E-state index contributed by atoms with van der Waals surface area (Å²) < 4.78 is 0. The van der Waals surface area contributed by atoms with Gasteiger partial charge in [0, 0.05) is 18.2 Å². The van der Waals surface area contributed by atoms with Crippen LogP contribution in [0.25, 0.3) is 0 Å². The summed E-state index contributed by atoms with van der Waals surface area (Å²) in [6.07, 6.45) is 0.963. The van der Waals surface area contributed by atoms with Crippen molar-refractivity contribution in [2.75, 3.05) is 5.32 Å². The molecular weight excluding hydrogens is 304 g/mol. The van der Waals surface area contributed by atoms with Gasteiger partial charge in [0.05, 0.1) is 4.92 Å². The standard InChI is InChI=1S/C16H15ClN2O3/c1-11-9-15(19(21)22)13(17)10-14(11)18-16(20)8-7-12-5-3-2-4-6-12/h2-6,9-10H,7-8H2,1H3,(H,18,20). The quantitative estimate of drug-likeness (QED) is 0.665. The van der Waals surface area contributed by atoms with E-state index in [-0.39, 0.29) is 16.6 Å². The lowest BCUT2D eigenvalue weighted by atomic mass is 10.1. The van der Waals surface area contributed by atoms with E-state index in [0.717, 1.165) is 5.56 Å². The van der Waals surface area contributed by atoms with Crippen LogP contribution in [0.3, 0.4) is 0 Å². The Hall–Kier alpha value is -2.40. The van der Waals surface area contributed by atoms with Crippen LogP contribution in [0.1, 0.15) is 17.5 Å². The lowest BCUT2D eigenvalue weighted by Gasteiger charge is -2.09. The lowest BCUT2D eigenvalue weighted by molar-refractivity contribution is -0.384. The van der Waals surface area contributed by atoms with Crippen LogP contribution in [-0.2, 0) is 11.2 Å². The molecule has 0 aliphatic rings. The maximum absolute atomic E-state index is 12.0. The maximum atomic E-state index is 12.0. The molecule has 22 heavy (non-hydrogen) atoms. The highest BCUT2D eigenvalue weighted by Crippen LogP contribution is 2.30. The van der Waals surface area contributed by atoms with Gasteiger partial charge in [-0.25, -0.2) is 0 Å². The lowest BCUT2D eigenvalue weighted by Crippen LogP contribution is -2.13. The number of halogens is 1. The first-order valence-electron chi connectivity index (χ1n) is 6.75. The zero-order chi connectivity index (χ0) is 16.1. The van der Waals surface area contributed by atoms with Crippen molar-refractivity contribution in [3.8, 4) is 0 Å². The van der Waals surface area contributed by atoms with Crippen LogP contribution in [0, 0.1) is 17.0 Å². The van der Waals surface area contributed by atoms with Crippen LogP contribution < -0.4 is 5.32 Å². The normalized spacial score (nSPS) is 10.3. The van der Waals surface area contributed by atoms with Crippen molar-refractivity contribution < 1.29 is 9.72 Å². The third-order valence-electron chi connectivity index (χ3n) is 3.25. The molecule has 0 fully saturated rings. The fraction of sp³-hybridized carbons (Fsp3) is 0.188. The van der Waals surface area contributed by atoms with Gasteiger partial charge in [0.1, 0.15) is 5.02 Å². The van der Waals surface area contributed by atoms with E-state index in [2.05, 4.69) is 5.32 Å². The highest BCUT2D eigenvalue weighted by Gasteiger charge is 2.16. The third kappa shape index (κ3) is 4.05. The van der Waals surface area contributed by atoms with Crippen LogP contribution >= 0.6 is 11.6 Å². The van der Waals surface area contributed by atoms with Gasteiger partial charge in [-0.05, 0) is 30.5 Å². The summed E-state index contributed by atoms with van der Waals surface area (Å²) in [6.45, 7) is 1.69. The molecule has 0 atom stereocenters. The number of aryl methyl sites for hydroxylation is 2. The number of anilines is 1. The minimum atomic E-state index is -0.545. The van der Waals surface area contributed by atoms with E-state index >= 15 is 0 Å². The van der Waals surface area contributed by atoms with Gasteiger partial charge < -0.3 is 5.32 Å². The molecule has 0 spiro atoms. The summed E-state index contributed by atoms with van der Waals surface area (Å²) >= 11 is 5.86. The average molecular weight is 319 g/mol. The molecule has 6 heteroatoms. The Morgan fingerprint density at radius 2 is 1.95 bits per heavy atom. The molecule has 2 aromatic rings. The molecule has 1 amide bonds. The molecule has 0 aromatic heterocycles. The zero-order valence-corrected chi connectivity index (χ0v) is 12.8. The Kier molecular flexibility index (Phi) is 5.12. The summed E-state index contributed by atoms with van der Waals surface area (Å²) in [7, 11) is 0. The van der Waals surface area contributed by atoms with Gasteiger partial charge in [0.15, 0.2) is 0 Å². The van der Waals surface area contributed by atoms with Crippen LogP contribution in [0.2, 0.25) is 5.02 Å². The van der Waals surface area contributed by atoms with Crippen molar-refractivity contribution in [2.24, 2.45) is 0 Å². The molecule has 2 aromatic carbocycles. The molecule has 1 N–H and O–H groups in total. The molecule has 0 saturated heterocycles. The number of hydrogen-bond acceptors (Lipinski definition) is 3. The Bertz CT molecular complexity index is 702. The van der Waals surface area contributed by atoms with Crippen molar-refractivity contribution in [3.63, 3.8) is 0 Å². The topological polar surface area (TPSA) is 72.2 Å². The second-order valence-corrected chi connectivity index (χ2v) is 5.32. The monoisotopic (exact) mass is 318 g/mol. The summed E-state index contributed by atoms with van der Waals surface area (Å²) in [5.41, 5.74) is 2.01. The first kappa shape index (κ1) is 16.0. The van der Waals surface area contributed by atoms with Crippen molar-refractivity contribution in [3.05, 3.63) is 68.7 Å². The fourth-order valence-corrected chi connectivity index (χ4v) is 2.29. The minimum absolute atomic E-state index is 0.00830. The smallest absolute Gasteiger partial charge is 0.288 e. The molecule has 0 aliphatic carbocycles. The van der Waals surface area contributed by atoms with Gasteiger partial charge in [-0.15, -0.1) is 0 Å². The minimum Gasteiger partial charge on any atom is -0.326 e. The first-order valence-corrected chi connectivity index (χ1v) is 7.13. The molecule has 0 heterocycles.